The molecule has 2 aromatic carbocycles. The Labute approximate surface area is 134 Å². The van der Waals surface area contributed by atoms with Gasteiger partial charge in [-0.25, -0.2) is 4.39 Å². The molecule has 0 aliphatic heterocycles. The summed E-state index contributed by atoms with van der Waals surface area (Å²) in [5.41, 5.74) is 1.38. The minimum absolute atomic E-state index is 0.134. The van der Waals surface area contributed by atoms with Crippen molar-refractivity contribution in [2.45, 2.75) is 11.8 Å². The molecule has 0 fully saturated rings. The topological polar surface area (TPSA) is 29.1 Å². The SMILES string of the molecule is CCSc1ccccc1C(=O)NCC#Cc1ccc(F)cc1. The Kier molecular flexibility index (Phi) is 6.05. The average Bonchev–Trinajstić information content (AvgIpc) is 2.54. The predicted octanol–water partition coefficient (Wildman–Crippen LogP) is 3.72. The zero-order valence-electron chi connectivity index (χ0n) is 12.2. The van der Waals surface area contributed by atoms with Crippen molar-refractivity contribution in [3.05, 3.63) is 65.5 Å². The van der Waals surface area contributed by atoms with Gasteiger partial charge in [-0.15, -0.1) is 11.8 Å². The van der Waals surface area contributed by atoms with E-state index in [9.17, 15) is 9.18 Å². The van der Waals surface area contributed by atoms with Crippen LogP contribution in [0.15, 0.2) is 53.4 Å². The fraction of sp³-hybridized carbons (Fsp3) is 0.167. The number of hydrogen-bond acceptors (Lipinski definition) is 2. The molecule has 1 N–H and O–H groups in total. The molecular formula is C18H16FNOS. The van der Waals surface area contributed by atoms with Crippen molar-refractivity contribution in [1.82, 2.24) is 5.32 Å². The summed E-state index contributed by atoms with van der Waals surface area (Å²) in [4.78, 5) is 13.1. The highest BCUT2D eigenvalue weighted by Gasteiger charge is 2.09. The molecule has 0 saturated carbocycles. The Balaban J connectivity index is 1.95. The fourth-order valence-corrected chi connectivity index (χ4v) is 2.64. The highest BCUT2D eigenvalue weighted by atomic mass is 32.2. The van der Waals surface area contributed by atoms with E-state index in [1.807, 2.05) is 25.1 Å². The van der Waals surface area contributed by atoms with E-state index < -0.39 is 0 Å². The summed E-state index contributed by atoms with van der Waals surface area (Å²) in [7, 11) is 0. The zero-order valence-corrected chi connectivity index (χ0v) is 13.0. The van der Waals surface area contributed by atoms with Crippen molar-refractivity contribution in [2.24, 2.45) is 0 Å². The van der Waals surface area contributed by atoms with Crippen LogP contribution in [-0.4, -0.2) is 18.2 Å². The Morgan fingerprint density at radius 2 is 1.91 bits per heavy atom. The summed E-state index contributed by atoms with van der Waals surface area (Å²) in [5, 5.41) is 2.78. The van der Waals surface area contributed by atoms with Crippen LogP contribution in [0.2, 0.25) is 0 Å². The molecule has 0 radical (unpaired) electrons. The first-order chi connectivity index (χ1) is 10.7. The maximum Gasteiger partial charge on any atom is 0.253 e. The lowest BCUT2D eigenvalue weighted by molar-refractivity contribution is 0.0956. The van der Waals surface area contributed by atoms with E-state index in [2.05, 4.69) is 17.2 Å². The largest absolute Gasteiger partial charge is 0.341 e. The standard InChI is InChI=1S/C18H16FNOS/c1-2-22-17-8-4-3-7-16(17)18(21)20-13-5-6-14-9-11-15(19)12-10-14/h3-4,7-12H,2,13H2,1H3,(H,20,21). The summed E-state index contributed by atoms with van der Waals surface area (Å²) in [6, 6.07) is 13.5. The van der Waals surface area contributed by atoms with Crippen LogP contribution in [0.25, 0.3) is 0 Å². The van der Waals surface area contributed by atoms with E-state index in [1.54, 1.807) is 30.0 Å². The average molecular weight is 313 g/mol. The van der Waals surface area contributed by atoms with E-state index in [0.29, 0.717) is 5.56 Å². The third kappa shape index (κ3) is 4.64. The molecule has 0 spiro atoms. The number of thioether (sulfide) groups is 1. The van der Waals surface area contributed by atoms with Crippen LogP contribution >= 0.6 is 11.8 Å². The Bertz CT molecular complexity index is 701. The molecule has 0 bridgehead atoms. The molecule has 4 heteroatoms. The summed E-state index contributed by atoms with van der Waals surface area (Å²) < 4.78 is 12.8. The van der Waals surface area contributed by atoms with E-state index in [-0.39, 0.29) is 18.3 Å². The lowest BCUT2D eigenvalue weighted by atomic mass is 10.2. The Morgan fingerprint density at radius 1 is 1.18 bits per heavy atom. The van der Waals surface area contributed by atoms with Crippen molar-refractivity contribution in [3.63, 3.8) is 0 Å². The molecule has 0 aliphatic carbocycles. The number of amides is 1. The van der Waals surface area contributed by atoms with Crippen LogP contribution in [0, 0.1) is 17.7 Å². The summed E-state index contributed by atoms with van der Waals surface area (Å²) >= 11 is 1.64. The third-order valence-electron chi connectivity index (χ3n) is 2.85. The quantitative estimate of drug-likeness (QED) is 0.688. The summed E-state index contributed by atoms with van der Waals surface area (Å²) in [6.45, 7) is 2.30. The van der Waals surface area contributed by atoms with E-state index in [1.165, 1.54) is 12.1 Å². The number of carbonyl (C=O) groups is 1. The van der Waals surface area contributed by atoms with Gasteiger partial charge in [0.1, 0.15) is 5.82 Å². The first kappa shape index (κ1) is 16.1. The zero-order chi connectivity index (χ0) is 15.8. The number of halogens is 1. The Hall–Kier alpha value is -2.25. The summed E-state index contributed by atoms with van der Waals surface area (Å²) in [6.07, 6.45) is 0. The number of carbonyl (C=O) groups excluding carboxylic acids is 1. The van der Waals surface area contributed by atoms with Crippen molar-refractivity contribution in [2.75, 3.05) is 12.3 Å². The maximum absolute atomic E-state index is 12.8. The van der Waals surface area contributed by atoms with Gasteiger partial charge in [0.25, 0.3) is 5.91 Å². The molecule has 2 nitrogen and oxygen atoms in total. The van der Waals surface area contributed by atoms with E-state index in [0.717, 1.165) is 16.2 Å². The third-order valence-corrected chi connectivity index (χ3v) is 3.80. The van der Waals surface area contributed by atoms with Crippen LogP contribution in [0.4, 0.5) is 4.39 Å². The first-order valence-electron chi connectivity index (χ1n) is 6.95. The van der Waals surface area contributed by atoms with Gasteiger partial charge in [0, 0.05) is 10.5 Å². The van der Waals surface area contributed by atoms with Gasteiger partial charge in [-0.3, -0.25) is 4.79 Å². The predicted molar refractivity (Wildman–Crippen MR) is 88.5 cm³/mol. The Morgan fingerprint density at radius 3 is 2.64 bits per heavy atom. The maximum atomic E-state index is 12.8. The van der Waals surface area contributed by atoms with Gasteiger partial charge in [0.2, 0.25) is 0 Å². The molecule has 0 aliphatic rings. The lowest BCUT2D eigenvalue weighted by Gasteiger charge is -2.07. The highest BCUT2D eigenvalue weighted by Crippen LogP contribution is 2.21. The van der Waals surface area contributed by atoms with Gasteiger partial charge in [0.15, 0.2) is 0 Å². The molecule has 0 unspecified atom stereocenters. The molecule has 22 heavy (non-hydrogen) atoms. The van der Waals surface area contributed by atoms with Crippen LogP contribution in [0.3, 0.4) is 0 Å². The molecule has 1 amide bonds. The van der Waals surface area contributed by atoms with Crippen molar-refractivity contribution < 1.29 is 9.18 Å². The second-order valence-corrected chi connectivity index (χ2v) is 5.73. The molecule has 0 atom stereocenters. The molecule has 112 valence electrons. The molecule has 2 aromatic rings. The van der Waals surface area contributed by atoms with Crippen LogP contribution in [0.5, 0.6) is 0 Å². The van der Waals surface area contributed by atoms with Crippen molar-refractivity contribution in [1.29, 1.82) is 0 Å². The van der Waals surface area contributed by atoms with E-state index in [4.69, 9.17) is 0 Å². The second kappa shape index (κ2) is 8.26. The minimum atomic E-state index is -0.288. The monoisotopic (exact) mass is 313 g/mol. The first-order valence-corrected chi connectivity index (χ1v) is 7.93. The van der Waals surface area contributed by atoms with Gasteiger partial charge in [-0.1, -0.05) is 30.9 Å². The summed E-state index contributed by atoms with van der Waals surface area (Å²) in [5.74, 6) is 6.23. The van der Waals surface area contributed by atoms with Gasteiger partial charge in [-0.05, 0) is 42.2 Å². The van der Waals surface area contributed by atoms with Crippen molar-refractivity contribution >= 4 is 17.7 Å². The fourth-order valence-electron chi connectivity index (χ4n) is 1.83. The van der Waals surface area contributed by atoms with Gasteiger partial charge in [-0.2, -0.15) is 0 Å². The molecule has 0 saturated heterocycles. The minimum Gasteiger partial charge on any atom is -0.341 e. The van der Waals surface area contributed by atoms with Crippen LogP contribution in [0.1, 0.15) is 22.8 Å². The molecular weight excluding hydrogens is 297 g/mol. The van der Waals surface area contributed by atoms with Crippen molar-refractivity contribution in [3.8, 4) is 11.8 Å². The lowest BCUT2D eigenvalue weighted by Crippen LogP contribution is -2.24. The number of nitrogens with one attached hydrogen (secondary N) is 1. The number of benzene rings is 2. The molecule has 2 rings (SSSR count). The molecule has 0 aromatic heterocycles. The van der Waals surface area contributed by atoms with Gasteiger partial charge < -0.3 is 5.32 Å². The molecule has 0 heterocycles. The second-order valence-electron chi connectivity index (χ2n) is 4.42. The normalized spacial score (nSPS) is 9.73. The number of rotatable bonds is 4. The smallest absolute Gasteiger partial charge is 0.253 e. The van der Waals surface area contributed by atoms with Gasteiger partial charge >= 0.3 is 0 Å². The highest BCUT2D eigenvalue weighted by molar-refractivity contribution is 7.99. The van der Waals surface area contributed by atoms with Crippen LogP contribution < -0.4 is 5.32 Å². The van der Waals surface area contributed by atoms with Crippen LogP contribution in [-0.2, 0) is 0 Å². The number of hydrogen-bond donors (Lipinski definition) is 1. The van der Waals surface area contributed by atoms with Gasteiger partial charge in [0.05, 0.1) is 12.1 Å². The van der Waals surface area contributed by atoms with E-state index >= 15 is 0 Å².